The van der Waals surface area contributed by atoms with Crippen LogP contribution < -0.4 is 4.90 Å². The maximum atomic E-state index is 12.3. The van der Waals surface area contributed by atoms with Crippen LogP contribution in [0.25, 0.3) is 11.0 Å². The van der Waals surface area contributed by atoms with Gasteiger partial charge in [0.05, 0.1) is 0 Å². The predicted molar refractivity (Wildman–Crippen MR) is 95.1 cm³/mol. The molecule has 0 unspecified atom stereocenters. The lowest BCUT2D eigenvalue weighted by molar-refractivity contribution is -0.132. The van der Waals surface area contributed by atoms with E-state index in [9.17, 15) is 4.79 Å². The number of aromatic nitrogens is 2. The van der Waals surface area contributed by atoms with Crippen molar-refractivity contribution in [3.8, 4) is 0 Å². The molecule has 0 spiro atoms. The molecule has 2 fully saturated rings. The van der Waals surface area contributed by atoms with Gasteiger partial charge in [0.25, 0.3) is 0 Å². The number of aryl methyl sites for hydroxylation is 2. The number of anilines is 1. The van der Waals surface area contributed by atoms with Gasteiger partial charge in [-0.3, -0.25) is 4.79 Å². The van der Waals surface area contributed by atoms with Crippen LogP contribution in [-0.4, -0.2) is 47.0 Å². The van der Waals surface area contributed by atoms with E-state index in [-0.39, 0.29) is 0 Å². The van der Waals surface area contributed by atoms with Gasteiger partial charge in [-0.25, -0.2) is 9.97 Å². The summed E-state index contributed by atoms with van der Waals surface area (Å²) in [6.45, 7) is 7.57. The van der Waals surface area contributed by atoms with Gasteiger partial charge in [-0.05, 0) is 56.9 Å². The van der Waals surface area contributed by atoms with E-state index >= 15 is 0 Å². The van der Waals surface area contributed by atoms with E-state index < -0.39 is 0 Å². The fraction of sp³-hybridized carbons (Fsp3) is 0.526. The van der Waals surface area contributed by atoms with Crippen LogP contribution in [-0.2, 0) is 4.79 Å². The van der Waals surface area contributed by atoms with Crippen molar-refractivity contribution in [1.82, 2.24) is 14.9 Å². The van der Waals surface area contributed by atoms with Gasteiger partial charge in [-0.1, -0.05) is 0 Å². The SMILES string of the molecule is Cc1cc(C)c2ccc(N3CCCN(C(=O)C4CC4)CC3)nc2n1. The lowest BCUT2D eigenvalue weighted by atomic mass is 10.1. The van der Waals surface area contributed by atoms with Crippen LogP contribution in [0, 0.1) is 19.8 Å². The Morgan fingerprint density at radius 2 is 1.92 bits per heavy atom. The summed E-state index contributed by atoms with van der Waals surface area (Å²) in [5.74, 6) is 1.64. The zero-order valence-electron chi connectivity index (χ0n) is 14.5. The molecular formula is C19H24N4O. The first-order chi connectivity index (χ1) is 11.6. The minimum Gasteiger partial charge on any atom is -0.355 e. The molecule has 2 aromatic rings. The second kappa shape index (κ2) is 6.04. The highest BCUT2D eigenvalue weighted by Crippen LogP contribution is 2.31. The minimum absolute atomic E-state index is 0.311. The molecule has 1 aliphatic heterocycles. The molecule has 2 aliphatic rings. The van der Waals surface area contributed by atoms with Gasteiger partial charge >= 0.3 is 0 Å². The van der Waals surface area contributed by atoms with Crippen molar-refractivity contribution in [1.29, 1.82) is 0 Å². The Hall–Kier alpha value is -2.17. The summed E-state index contributed by atoms with van der Waals surface area (Å²) in [5.41, 5.74) is 3.04. The van der Waals surface area contributed by atoms with E-state index in [4.69, 9.17) is 4.98 Å². The molecule has 1 aliphatic carbocycles. The van der Waals surface area contributed by atoms with Crippen LogP contribution in [0.4, 0.5) is 5.82 Å². The summed E-state index contributed by atoms with van der Waals surface area (Å²) in [7, 11) is 0. The lowest BCUT2D eigenvalue weighted by Gasteiger charge is -2.23. The molecule has 24 heavy (non-hydrogen) atoms. The Bertz CT molecular complexity index is 784. The molecule has 5 nitrogen and oxygen atoms in total. The van der Waals surface area contributed by atoms with Crippen LogP contribution in [0.1, 0.15) is 30.5 Å². The van der Waals surface area contributed by atoms with Crippen molar-refractivity contribution in [3.05, 3.63) is 29.5 Å². The van der Waals surface area contributed by atoms with Gasteiger partial charge in [0.2, 0.25) is 5.91 Å². The number of carbonyl (C=O) groups excluding carboxylic acids is 1. The van der Waals surface area contributed by atoms with Gasteiger partial charge in [0.1, 0.15) is 5.82 Å². The van der Waals surface area contributed by atoms with Gasteiger partial charge in [-0.15, -0.1) is 0 Å². The first-order valence-electron chi connectivity index (χ1n) is 8.90. The summed E-state index contributed by atoms with van der Waals surface area (Å²) >= 11 is 0. The van der Waals surface area contributed by atoms with Crippen molar-refractivity contribution in [2.24, 2.45) is 5.92 Å². The number of nitrogens with zero attached hydrogens (tertiary/aromatic N) is 4. The summed E-state index contributed by atoms with van der Waals surface area (Å²) in [6.07, 6.45) is 3.16. The smallest absolute Gasteiger partial charge is 0.225 e. The largest absolute Gasteiger partial charge is 0.355 e. The van der Waals surface area contributed by atoms with Gasteiger partial charge in [-0.2, -0.15) is 0 Å². The van der Waals surface area contributed by atoms with E-state index in [1.165, 1.54) is 5.56 Å². The molecule has 0 bridgehead atoms. The number of amides is 1. The van der Waals surface area contributed by atoms with Gasteiger partial charge in [0, 0.05) is 43.2 Å². The Balaban J connectivity index is 1.55. The molecule has 0 atom stereocenters. The highest BCUT2D eigenvalue weighted by molar-refractivity contribution is 5.81. The first-order valence-corrected chi connectivity index (χ1v) is 8.90. The third kappa shape index (κ3) is 2.95. The maximum absolute atomic E-state index is 12.3. The average molecular weight is 324 g/mol. The molecule has 0 N–H and O–H groups in total. The summed E-state index contributed by atoms with van der Waals surface area (Å²) < 4.78 is 0. The topological polar surface area (TPSA) is 49.3 Å². The number of carbonyl (C=O) groups is 1. The van der Waals surface area contributed by atoms with Crippen LogP contribution in [0.3, 0.4) is 0 Å². The number of hydrogen-bond donors (Lipinski definition) is 0. The van der Waals surface area contributed by atoms with Crippen molar-refractivity contribution in [2.45, 2.75) is 33.1 Å². The summed E-state index contributed by atoms with van der Waals surface area (Å²) in [4.78, 5) is 26.0. The average Bonchev–Trinajstić information content (AvgIpc) is 3.40. The van der Waals surface area contributed by atoms with Crippen LogP contribution in [0.15, 0.2) is 18.2 Å². The molecule has 1 saturated carbocycles. The molecule has 1 saturated heterocycles. The molecule has 5 heteroatoms. The van der Waals surface area contributed by atoms with Crippen molar-refractivity contribution < 1.29 is 4.79 Å². The van der Waals surface area contributed by atoms with Crippen LogP contribution >= 0.6 is 0 Å². The fourth-order valence-corrected chi connectivity index (χ4v) is 3.55. The first kappa shape index (κ1) is 15.4. The van der Waals surface area contributed by atoms with Crippen molar-refractivity contribution in [3.63, 3.8) is 0 Å². The molecular weight excluding hydrogens is 300 g/mol. The highest BCUT2D eigenvalue weighted by Gasteiger charge is 2.34. The Kier molecular flexibility index (Phi) is 3.87. The maximum Gasteiger partial charge on any atom is 0.225 e. The number of rotatable bonds is 2. The van der Waals surface area contributed by atoms with Gasteiger partial charge < -0.3 is 9.80 Å². The summed E-state index contributed by atoms with van der Waals surface area (Å²) in [5, 5.41) is 1.12. The normalized spacial score (nSPS) is 18.8. The Morgan fingerprint density at radius 3 is 2.71 bits per heavy atom. The van der Waals surface area contributed by atoms with Crippen molar-refractivity contribution in [2.75, 3.05) is 31.1 Å². The minimum atomic E-state index is 0.311. The molecule has 2 aromatic heterocycles. The van der Waals surface area contributed by atoms with E-state index in [0.29, 0.717) is 11.8 Å². The third-order valence-electron chi connectivity index (χ3n) is 5.05. The molecule has 0 radical (unpaired) electrons. The number of fused-ring (bicyclic) bond motifs is 1. The molecule has 1 amide bonds. The summed E-state index contributed by atoms with van der Waals surface area (Å²) in [6, 6.07) is 6.30. The van der Waals surface area contributed by atoms with E-state index in [1.807, 2.05) is 11.8 Å². The van der Waals surface area contributed by atoms with Crippen molar-refractivity contribution >= 4 is 22.8 Å². The monoisotopic (exact) mass is 324 g/mol. The number of hydrogen-bond acceptors (Lipinski definition) is 4. The standard InChI is InChI=1S/C19H24N4O/c1-13-12-14(2)20-18-16(13)6-7-17(21-18)22-8-3-9-23(11-10-22)19(24)15-4-5-15/h6-7,12,15H,3-5,8-11H2,1-2H3. The highest BCUT2D eigenvalue weighted by atomic mass is 16.2. The Labute approximate surface area is 142 Å². The third-order valence-corrected chi connectivity index (χ3v) is 5.05. The van der Waals surface area contributed by atoms with Crippen LogP contribution in [0.5, 0.6) is 0 Å². The quantitative estimate of drug-likeness (QED) is 0.852. The molecule has 4 rings (SSSR count). The number of pyridine rings is 2. The van der Waals surface area contributed by atoms with E-state index in [2.05, 4.69) is 35.0 Å². The Morgan fingerprint density at radius 1 is 1.08 bits per heavy atom. The van der Waals surface area contributed by atoms with E-state index in [0.717, 1.165) is 68.0 Å². The van der Waals surface area contributed by atoms with Gasteiger partial charge in [0.15, 0.2) is 5.65 Å². The fourth-order valence-electron chi connectivity index (χ4n) is 3.55. The lowest BCUT2D eigenvalue weighted by Crippen LogP contribution is -2.36. The predicted octanol–water partition coefficient (Wildman–Crippen LogP) is 2.70. The molecule has 126 valence electrons. The van der Waals surface area contributed by atoms with Crippen LogP contribution in [0.2, 0.25) is 0 Å². The molecule has 3 heterocycles. The van der Waals surface area contributed by atoms with E-state index in [1.54, 1.807) is 0 Å². The zero-order valence-corrected chi connectivity index (χ0v) is 14.5. The molecule has 0 aromatic carbocycles. The second-order valence-electron chi connectivity index (χ2n) is 7.06. The zero-order chi connectivity index (χ0) is 16.7. The second-order valence-corrected chi connectivity index (χ2v) is 7.06.